The number of rotatable bonds is 3. The highest BCUT2D eigenvalue weighted by Crippen LogP contribution is 3.02. The zero-order valence-electron chi connectivity index (χ0n) is 8.81. The van der Waals surface area contributed by atoms with E-state index in [-0.39, 0.29) is 6.08 Å². The van der Waals surface area contributed by atoms with E-state index in [0.29, 0.717) is 6.08 Å². The first-order chi connectivity index (χ1) is 6.51. The van der Waals surface area contributed by atoms with Gasteiger partial charge in [0, 0.05) is 0 Å². The molecule has 0 saturated heterocycles. The molecule has 0 unspecified atom stereocenters. The molecule has 0 nitrogen and oxygen atoms in total. The highest BCUT2D eigenvalue weighted by atomic mass is 32.5. The molecule has 0 aliphatic heterocycles. The molecule has 0 aromatic heterocycles. The van der Waals surface area contributed by atoms with Crippen LogP contribution in [0, 0.1) is 0 Å². The van der Waals surface area contributed by atoms with Gasteiger partial charge < -0.3 is 0 Å². The quantitative estimate of drug-likeness (QED) is 0.428. The molecule has 0 aliphatic carbocycles. The first-order valence-corrected chi connectivity index (χ1v) is 6.16. The topological polar surface area (TPSA) is 0 Å². The van der Waals surface area contributed by atoms with Crippen LogP contribution < -0.4 is 0 Å². The van der Waals surface area contributed by atoms with E-state index in [9.17, 15) is 19.4 Å². The summed E-state index contributed by atoms with van der Waals surface area (Å²) < 4.78 is 60.2. The summed E-state index contributed by atoms with van der Waals surface area (Å²) in [6.45, 7) is 8.12. The van der Waals surface area contributed by atoms with Gasteiger partial charge in [0.05, 0.1) is 0 Å². The SMILES string of the molecule is C=C/C(=C\C=C/C)S(F)(F)(F)(F)F.CC. The van der Waals surface area contributed by atoms with Gasteiger partial charge in [-0.15, -0.1) is 0 Å². The van der Waals surface area contributed by atoms with E-state index in [1.165, 1.54) is 13.0 Å². The Morgan fingerprint density at radius 3 is 1.67 bits per heavy atom. The van der Waals surface area contributed by atoms with E-state index in [2.05, 4.69) is 6.58 Å². The van der Waals surface area contributed by atoms with Gasteiger partial charge in [0.1, 0.15) is 4.91 Å². The zero-order valence-corrected chi connectivity index (χ0v) is 9.63. The summed E-state index contributed by atoms with van der Waals surface area (Å²) in [4.78, 5) is -1.97. The van der Waals surface area contributed by atoms with Crippen LogP contribution in [-0.2, 0) is 0 Å². The summed E-state index contributed by atoms with van der Waals surface area (Å²) in [5.74, 6) is 0. The third-order valence-corrected chi connectivity index (χ3v) is 2.29. The predicted molar refractivity (Wildman–Crippen MR) is 57.6 cm³/mol. The Labute approximate surface area is 86.9 Å². The smallest absolute Gasteiger partial charge is 0.0976 e. The lowest BCUT2D eigenvalue weighted by atomic mass is 10.4. The molecule has 0 saturated carbocycles. The molecule has 0 spiro atoms. The Morgan fingerprint density at radius 1 is 1.07 bits per heavy atom. The molecule has 92 valence electrons. The Balaban J connectivity index is 0. The third kappa shape index (κ3) is 7.18. The summed E-state index contributed by atoms with van der Waals surface area (Å²) in [7, 11) is -9.53. The molecular formula is C9H15F5S. The first-order valence-electron chi connectivity index (χ1n) is 4.21. The highest BCUT2D eigenvalue weighted by molar-refractivity contribution is 8.48. The Hall–Kier alpha value is -0.780. The minimum atomic E-state index is -9.53. The molecule has 0 N–H and O–H groups in total. The van der Waals surface area contributed by atoms with Gasteiger partial charge in [0.2, 0.25) is 0 Å². The van der Waals surface area contributed by atoms with Crippen molar-refractivity contribution in [3.05, 3.63) is 35.8 Å². The van der Waals surface area contributed by atoms with Crippen LogP contribution in [0.4, 0.5) is 19.4 Å². The van der Waals surface area contributed by atoms with E-state index in [1.807, 2.05) is 13.8 Å². The van der Waals surface area contributed by atoms with E-state index < -0.39 is 15.1 Å². The molecule has 0 amide bonds. The molecule has 0 atom stereocenters. The van der Waals surface area contributed by atoms with E-state index in [1.54, 1.807) is 0 Å². The van der Waals surface area contributed by atoms with Gasteiger partial charge in [-0.2, -0.15) is 0 Å². The molecule has 0 heterocycles. The second kappa shape index (κ2) is 4.38. The minimum Gasteiger partial charge on any atom is -0.0976 e. The van der Waals surface area contributed by atoms with Crippen molar-refractivity contribution in [3.63, 3.8) is 0 Å². The largest absolute Gasteiger partial charge is 0.310 e. The van der Waals surface area contributed by atoms with Crippen LogP contribution in [0.1, 0.15) is 20.8 Å². The molecule has 0 aromatic rings. The summed E-state index contributed by atoms with van der Waals surface area (Å²) in [5.41, 5.74) is 0. The van der Waals surface area contributed by atoms with Gasteiger partial charge in [-0.1, -0.05) is 52.0 Å². The van der Waals surface area contributed by atoms with Gasteiger partial charge in [-0.25, -0.2) is 0 Å². The number of hydrogen-bond acceptors (Lipinski definition) is 0. The van der Waals surface area contributed by atoms with Gasteiger partial charge in [-0.3, -0.25) is 0 Å². The van der Waals surface area contributed by atoms with Gasteiger partial charge >= 0.3 is 10.2 Å². The molecular weight excluding hydrogens is 235 g/mol. The maximum absolute atomic E-state index is 12.0. The number of allylic oxidation sites excluding steroid dienone is 4. The Morgan fingerprint density at radius 2 is 1.47 bits per heavy atom. The monoisotopic (exact) mass is 250 g/mol. The molecule has 0 bridgehead atoms. The maximum Gasteiger partial charge on any atom is 0.310 e. The van der Waals surface area contributed by atoms with E-state index in [0.717, 1.165) is 6.08 Å². The lowest BCUT2D eigenvalue weighted by molar-refractivity contribution is 0.380. The summed E-state index contributed by atoms with van der Waals surface area (Å²) in [6, 6.07) is 0. The van der Waals surface area contributed by atoms with Crippen LogP contribution in [0.3, 0.4) is 0 Å². The third-order valence-electron chi connectivity index (χ3n) is 1.10. The molecule has 15 heavy (non-hydrogen) atoms. The molecule has 0 aliphatic rings. The number of halogens is 5. The van der Waals surface area contributed by atoms with E-state index >= 15 is 0 Å². The van der Waals surface area contributed by atoms with Crippen molar-refractivity contribution < 1.29 is 19.4 Å². The van der Waals surface area contributed by atoms with Crippen molar-refractivity contribution in [1.82, 2.24) is 0 Å². The molecule has 0 rings (SSSR count). The lowest BCUT2D eigenvalue weighted by Gasteiger charge is -2.41. The Kier molecular flexibility index (Phi) is 4.86. The van der Waals surface area contributed by atoms with Gasteiger partial charge in [0.25, 0.3) is 0 Å². The Bertz CT molecular complexity index is 269. The van der Waals surface area contributed by atoms with Crippen molar-refractivity contribution in [1.29, 1.82) is 0 Å². The fraction of sp³-hybridized carbons (Fsp3) is 0.333. The molecule has 6 heteroatoms. The van der Waals surface area contributed by atoms with Crippen molar-refractivity contribution in [2.24, 2.45) is 0 Å². The van der Waals surface area contributed by atoms with Crippen molar-refractivity contribution in [3.8, 4) is 0 Å². The van der Waals surface area contributed by atoms with Crippen LogP contribution >= 0.6 is 10.2 Å². The lowest BCUT2D eigenvalue weighted by Crippen LogP contribution is -2.06. The average molecular weight is 250 g/mol. The van der Waals surface area contributed by atoms with Crippen LogP contribution in [0.5, 0.6) is 0 Å². The zero-order chi connectivity index (χ0) is 12.8. The van der Waals surface area contributed by atoms with Gasteiger partial charge in [0.15, 0.2) is 0 Å². The number of hydrogen-bond donors (Lipinski definition) is 0. The van der Waals surface area contributed by atoms with Crippen LogP contribution in [0.25, 0.3) is 0 Å². The van der Waals surface area contributed by atoms with Crippen LogP contribution in [0.15, 0.2) is 35.8 Å². The molecule has 0 radical (unpaired) electrons. The summed E-state index contributed by atoms with van der Waals surface area (Å²) >= 11 is 0. The second-order valence-corrected chi connectivity index (χ2v) is 4.68. The maximum atomic E-state index is 12.0. The van der Waals surface area contributed by atoms with Crippen molar-refractivity contribution >= 4 is 10.2 Å². The van der Waals surface area contributed by atoms with Gasteiger partial charge in [-0.05, 0) is 19.1 Å². The first kappa shape index (κ1) is 16.6. The standard InChI is InChI=1S/C7H9F5S.C2H6/c1-3-5-6-7(4-2)13(8,9,10,11)12;1-2/h3-6H,2H2,1H3;1-2H3/b5-3-,7-6+;. The molecule has 0 aromatic carbocycles. The predicted octanol–water partition coefficient (Wildman–Crippen LogP) is 5.96. The summed E-state index contributed by atoms with van der Waals surface area (Å²) in [6.07, 6.45) is 2.51. The highest BCUT2D eigenvalue weighted by Gasteiger charge is 2.65. The van der Waals surface area contributed by atoms with E-state index in [4.69, 9.17) is 0 Å². The normalized spacial score (nSPS) is 17.5. The fourth-order valence-electron chi connectivity index (χ4n) is 0.545. The second-order valence-electron chi connectivity index (χ2n) is 2.27. The average Bonchev–Trinajstić information content (AvgIpc) is 2.04. The van der Waals surface area contributed by atoms with Crippen LogP contribution in [-0.4, -0.2) is 0 Å². The molecule has 0 fully saturated rings. The van der Waals surface area contributed by atoms with Crippen molar-refractivity contribution in [2.45, 2.75) is 20.8 Å². The summed E-state index contributed by atoms with van der Waals surface area (Å²) in [5, 5.41) is 0. The van der Waals surface area contributed by atoms with Crippen molar-refractivity contribution in [2.75, 3.05) is 0 Å². The fourth-order valence-corrected chi connectivity index (χ4v) is 1.20. The van der Waals surface area contributed by atoms with Crippen LogP contribution in [0.2, 0.25) is 0 Å². The minimum absolute atomic E-state index is 0.113.